The fraction of sp³-hybridized carbons (Fsp3) is 0.294. The van der Waals surface area contributed by atoms with Gasteiger partial charge in [-0.15, -0.1) is 0 Å². The quantitative estimate of drug-likeness (QED) is 0.819. The molecule has 0 radical (unpaired) electrons. The van der Waals surface area contributed by atoms with Crippen molar-refractivity contribution >= 4 is 5.97 Å². The monoisotopic (exact) mass is 301 g/mol. The van der Waals surface area contributed by atoms with E-state index in [2.05, 4.69) is 4.98 Å². The van der Waals surface area contributed by atoms with E-state index in [-0.39, 0.29) is 12.8 Å². The van der Waals surface area contributed by atoms with Crippen LogP contribution < -0.4 is 0 Å². The molecule has 1 aromatic carbocycles. The number of hydrogen-bond acceptors (Lipinski definition) is 4. The molecular weight excluding hydrogens is 282 g/mol. The molecule has 2 unspecified atom stereocenters. The third-order valence-electron chi connectivity index (χ3n) is 3.65. The zero-order valence-corrected chi connectivity index (χ0v) is 12.3. The molecule has 2 aromatic rings. The molecule has 22 heavy (non-hydrogen) atoms. The average Bonchev–Trinajstić information content (AvgIpc) is 2.53. The molecule has 5 nitrogen and oxygen atoms in total. The van der Waals surface area contributed by atoms with Gasteiger partial charge in [-0.1, -0.05) is 36.4 Å². The molecule has 5 heteroatoms. The van der Waals surface area contributed by atoms with Crippen molar-refractivity contribution in [3.05, 3.63) is 66.0 Å². The van der Waals surface area contributed by atoms with Crippen molar-refractivity contribution in [3.8, 4) is 0 Å². The second-order valence-corrected chi connectivity index (χ2v) is 5.09. The maximum Gasteiger partial charge on any atom is 0.305 e. The maximum absolute atomic E-state index is 10.8. The highest BCUT2D eigenvalue weighted by Crippen LogP contribution is 2.37. The Hall–Kier alpha value is -2.24. The molecule has 1 heterocycles. The molecule has 0 aliphatic rings. The lowest BCUT2D eigenvalue weighted by molar-refractivity contribution is -0.140. The molecule has 0 aliphatic heterocycles. The maximum atomic E-state index is 10.8. The summed E-state index contributed by atoms with van der Waals surface area (Å²) in [5.41, 5.74) is 0.674. The van der Waals surface area contributed by atoms with Crippen LogP contribution >= 0.6 is 0 Å². The van der Waals surface area contributed by atoms with Crippen LogP contribution in [0.25, 0.3) is 0 Å². The molecule has 2 atom stereocenters. The Balaban J connectivity index is 2.46. The molecule has 0 fully saturated rings. The van der Waals surface area contributed by atoms with E-state index in [0.717, 1.165) is 11.1 Å². The van der Waals surface area contributed by atoms with Crippen LogP contribution in [0, 0.1) is 0 Å². The van der Waals surface area contributed by atoms with Crippen LogP contribution in [0.5, 0.6) is 0 Å². The Morgan fingerprint density at radius 3 is 2.45 bits per heavy atom. The van der Waals surface area contributed by atoms with Crippen molar-refractivity contribution < 1.29 is 19.7 Å². The Labute approximate surface area is 129 Å². The largest absolute Gasteiger partial charge is 0.481 e. The van der Waals surface area contributed by atoms with E-state index in [0.29, 0.717) is 0 Å². The Kier molecular flexibility index (Phi) is 5.25. The normalized spacial score (nSPS) is 15.0. The summed E-state index contributed by atoms with van der Waals surface area (Å²) in [6, 6.07) is 13.1. The first kappa shape index (κ1) is 16.1. The molecule has 0 spiro atoms. The van der Waals surface area contributed by atoms with E-state index in [4.69, 9.17) is 9.84 Å². The van der Waals surface area contributed by atoms with E-state index in [1.807, 2.05) is 36.4 Å². The lowest BCUT2D eigenvalue weighted by Gasteiger charge is -2.35. The molecule has 0 saturated carbocycles. The van der Waals surface area contributed by atoms with Crippen LogP contribution in [0.1, 0.15) is 24.0 Å². The molecule has 2 N–H and O–H groups in total. The minimum absolute atomic E-state index is 0.130. The topological polar surface area (TPSA) is 79.7 Å². The van der Waals surface area contributed by atoms with E-state index in [1.54, 1.807) is 25.6 Å². The SMILES string of the molecule is COC(CC(O)CC(=O)O)(c1ccccc1)c1cccnc1. The summed E-state index contributed by atoms with van der Waals surface area (Å²) < 4.78 is 5.77. The number of aromatic nitrogens is 1. The van der Waals surface area contributed by atoms with Gasteiger partial charge in [0, 0.05) is 31.5 Å². The van der Waals surface area contributed by atoms with Gasteiger partial charge in [-0.2, -0.15) is 0 Å². The summed E-state index contributed by atoms with van der Waals surface area (Å²) in [4.78, 5) is 15.0. The van der Waals surface area contributed by atoms with E-state index < -0.39 is 17.7 Å². The van der Waals surface area contributed by atoms with Gasteiger partial charge in [-0.05, 0) is 11.6 Å². The molecule has 116 valence electrons. The van der Waals surface area contributed by atoms with Gasteiger partial charge < -0.3 is 14.9 Å². The number of nitrogens with zero attached hydrogens (tertiary/aromatic N) is 1. The molecule has 1 aromatic heterocycles. The number of aliphatic carboxylic acids is 1. The number of carbonyl (C=O) groups is 1. The van der Waals surface area contributed by atoms with Crippen LogP contribution in [0.2, 0.25) is 0 Å². The lowest BCUT2D eigenvalue weighted by Crippen LogP contribution is -2.35. The average molecular weight is 301 g/mol. The Morgan fingerprint density at radius 2 is 1.91 bits per heavy atom. The number of rotatable bonds is 7. The van der Waals surface area contributed by atoms with E-state index >= 15 is 0 Å². The first-order valence-electron chi connectivity index (χ1n) is 6.99. The van der Waals surface area contributed by atoms with Gasteiger partial charge in [-0.25, -0.2) is 0 Å². The number of methoxy groups -OCH3 is 1. The van der Waals surface area contributed by atoms with Crippen LogP contribution in [0.15, 0.2) is 54.9 Å². The second-order valence-electron chi connectivity index (χ2n) is 5.09. The highest BCUT2D eigenvalue weighted by Gasteiger charge is 2.37. The van der Waals surface area contributed by atoms with Crippen molar-refractivity contribution in [2.24, 2.45) is 0 Å². The fourth-order valence-electron chi connectivity index (χ4n) is 2.64. The highest BCUT2D eigenvalue weighted by atomic mass is 16.5. The zero-order valence-electron chi connectivity index (χ0n) is 12.3. The number of hydrogen-bond donors (Lipinski definition) is 2. The van der Waals surface area contributed by atoms with Crippen molar-refractivity contribution in [1.29, 1.82) is 0 Å². The predicted molar refractivity (Wildman–Crippen MR) is 81.3 cm³/mol. The van der Waals surface area contributed by atoms with Crippen molar-refractivity contribution in [2.75, 3.05) is 7.11 Å². The first-order valence-corrected chi connectivity index (χ1v) is 6.99. The number of aliphatic hydroxyl groups is 1. The van der Waals surface area contributed by atoms with Crippen molar-refractivity contribution in [1.82, 2.24) is 4.98 Å². The molecule has 0 amide bonds. The first-order chi connectivity index (χ1) is 10.6. The molecule has 0 bridgehead atoms. The van der Waals surface area contributed by atoms with Crippen LogP contribution in [-0.2, 0) is 15.1 Å². The summed E-state index contributed by atoms with van der Waals surface area (Å²) >= 11 is 0. The molecule has 2 rings (SSSR count). The number of pyridine rings is 1. The smallest absolute Gasteiger partial charge is 0.305 e. The van der Waals surface area contributed by atoms with Gasteiger partial charge in [0.05, 0.1) is 12.5 Å². The zero-order chi connectivity index (χ0) is 16.0. The lowest BCUT2D eigenvalue weighted by atomic mass is 9.81. The van der Waals surface area contributed by atoms with Crippen molar-refractivity contribution in [3.63, 3.8) is 0 Å². The highest BCUT2D eigenvalue weighted by molar-refractivity contribution is 5.67. The van der Waals surface area contributed by atoms with Gasteiger partial charge in [0.15, 0.2) is 0 Å². The van der Waals surface area contributed by atoms with Crippen LogP contribution in [0.4, 0.5) is 0 Å². The number of benzene rings is 1. The Morgan fingerprint density at radius 1 is 1.23 bits per heavy atom. The molecular formula is C17H19NO4. The second kappa shape index (κ2) is 7.15. The summed E-state index contributed by atoms with van der Waals surface area (Å²) in [5, 5.41) is 19.0. The number of carboxylic acids is 1. The summed E-state index contributed by atoms with van der Waals surface area (Å²) in [7, 11) is 1.55. The summed E-state index contributed by atoms with van der Waals surface area (Å²) in [6.07, 6.45) is 2.09. The summed E-state index contributed by atoms with van der Waals surface area (Å²) in [5.74, 6) is -1.04. The minimum atomic E-state index is -1.04. The van der Waals surface area contributed by atoms with E-state index in [9.17, 15) is 9.90 Å². The number of aliphatic hydroxyl groups excluding tert-OH is 1. The minimum Gasteiger partial charge on any atom is -0.481 e. The predicted octanol–water partition coefficient (Wildman–Crippen LogP) is 2.20. The van der Waals surface area contributed by atoms with Crippen LogP contribution in [0.3, 0.4) is 0 Å². The molecule has 0 aliphatic carbocycles. The fourth-order valence-corrected chi connectivity index (χ4v) is 2.64. The number of carboxylic acid groups (broad SMARTS) is 1. The summed E-state index contributed by atoms with van der Waals surface area (Å²) in [6.45, 7) is 0. The Bertz CT molecular complexity index is 561. The standard InChI is InChI=1S/C17H19NO4/c1-22-17(11-15(19)10-16(20)21,13-6-3-2-4-7-13)14-8-5-9-18-12-14/h2-9,12,15,19H,10-11H2,1H3,(H,20,21). The van der Waals surface area contributed by atoms with Crippen LogP contribution in [-0.4, -0.2) is 34.4 Å². The van der Waals surface area contributed by atoms with E-state index in [1.165, 1.54) is 0 Å². The van der Waals surface area contributed by atoms with Gasteiger partial charge in [-0.3, -0.25) is 9.78 Å². The third-order valence-corrected chi connectivity index (χ3v) is 3.65. The van der Waals surface area contributed by atoms with Gasteiger partial charge in [0.25, 0.3) is 0 Å². The van der Waals surface area contributed by atoms with Gasteiger partial charge in [0.2, 0.25) is 0 Å². The number of ether oxygens (including phenoxy) is 1. The van der Waals surface area contributed by atoms with Gasteiger partial charge >= 0.3 is 5.97 Å². The van der Waals surface area contributed by atoms with Gasteiger partial charge in [0.1, 0.15) is 5.60 Å². The molecule has 0 saturated heterocycles. The third kappa shape index (κ3) is 3.50. The van der Waals surface area contributed by atoms with Crippen molar-refractivity contribution in [2.45, 2.75) is 24.5 Å².